The van der Waals surface area contributed by atoms with E-state index in [-0.39, 0.29) is 24.8 Å². The summed E-state index contributed by atoms with van der Waals surface area (Å²) in [7, 11) is 1.64. The van der Waals surface area contributed by atoms with Crippen molar-refractivity contribution < 1.29 is 19.1 Å². The number of likely N-dealkylation sites (N-methyl/N-ethyl adjacent to an activating group) is 1. The van der Waals surface area contributed by atoms with Crippen LogP contribution in [-0.2, 0) is 19.1 Å². The van der Waals surface area contributed by atoms with Crippen molar-refractivity contribution in [3.05, 3.63) is 54.6 Å². The van der Waals surface area contributed by atoms with Crippen LogP contribution in [0.3, 0.4) is 0 Å². The van der Waals surface area contributed by atoms with Gasteiger partial charge in [-0.2, -0.15) is 0 Å². The van der Waals surface area contributed by atoms with Crippen LogP contribution in [0.1, 0.15) is 13.3 Å². The first-order valence-corrected chi connectivity index (χ1v) is 10.00. The lowest BCUT2D eigenvalue weighted by atomic mass is 10.2. The normalized spacial score (nSPS) is 14.2. The van der Waals surface area contributed by atoms with Crippen molar-refractivity contribution in [1.29, 1.82) is 0 Å². The lowest BCUT2D eigenvalue weighted by Gasteiger charge is -2.28. The average molecular weight is 398 g/mol. The number of hydrogen-bond acceptors (Lipinski definition) is 5. The number of carbonyl (C=O) groups is 3. The average Bonchev–Trinajstić information content (AvgIpc) is 2.72. The summed E-state index contributed by atoms with van der Waals surface area (Å²) >= 11 is 1.49. The van der Waals surface area contributed by atoms with E-state index in [2.05, 4.69) is 0 Å². The fraction of sp³-hybridized carbons (Fsp3) is 0.286. The van der Waals surface area contributed by atoms with Crippen molar-refractivity contribution >= 4 is 40.9 Å². The van der Waals surface area contributed by atoms with E-state index < -0.39 is 12.1 Å². The van der Waals surface area contributed by atoms with E-state index in [1.54, 1.807) is 18.9 Å². The second-order valence-corrected chi connectivity index (χ2v) is 7.43. The van der Waals surface area contributed by atoms with Crippen LogP contribution in [0.15, 0.2) is 59.5 Å². The van der Waals surface area contributed by atoms with Gasteiger partial charge in [0.2, 0.25) is 5.91 Å². The Bertz CT molecular complexity index is 872. The van der Waals surface area contributed by atoms with Crippen LogP contribution in [0.4, 0.5) is 11.4 Å². The molecule has 0 fully saturated rings. The quantitative estimate of drug-likeness (QED) is 0.700. The van der Waals surface area contributed by atoms with Crippen LogP contribution < -0.4 is 9.80 Å². The number of ether oxygens (including phenoxy) is 1. The highest BCUT2D eigenvalue weighted by Crippen LogP contribution is 2.34. The van der Waals surface area contributed by atoms with E-state index in [4.69, 9.17) is 4.74 Å². The van der Waals surface area contributed by atoms with E-state index in [1.165, 1.54) is 16.7 Å². The Morgan fingerprint density at radius 2 is 1.82 bits per heavy atom. The van der Waals surface area contributed by atoms with Crippen LogP contribution >= 0.6 is 11.8 Å². The molecule has 146 valence electrons. The summed E-state index contributed by atoms with van der Waals surface area (Å²) in [5.41, 5.74) is 1.54. The summed E-state index contributed by atoms with van der Waals surface area (Å²) in [5, 5.41) is 0. The van der Waals surface area contributed by atoms with Gasteiger partial charge in [0.1, 0.15) is 0 Å². The van der Waals surface area contributed by atoms with Gasteiger partial charge in [-0.25, -0.2) is 0 Å². The van der Waals surface area contributed by atoms with Crippen LogP contribution in [-0.4, -0.2) is 43.2 Å². The molecule has 0 aliphatic carbocycles. The van der Waals surface area contributed by atoms with Crippen molar-refractivity contribution in [1.82, 2.24) is 0 Å². The number of amides is 2. The predicted molar refractivity (Wildman–Crippen MR) is 110 cm³/mol. The molecule has 3 rings (SSSR count). The third kappa shape index (κ3) is 4.54. The summed E-state index contributed by atoms with van der Waals surface area (Å²) in [4.78, 5) is 41.0. The van der Waals surface area contributed by atoms with Crippen molar-refractivity contribution in [2.75, 3.05) is 29.1 Å². The van der Waals surface area contributed by atoms with Gasteiger partial charge < -0.3 is 14.5 Å². The number of anilines is 2. The molecule has 6 nitrogen and oxygen atoms in total. The second kappa shape index (κ2) is 8.93. The van der Waals surface area contributed by atoms with Gasteiger partial charge in [0, 0.05) is 24.2 Å². The fourth-order valence-corrected chi connectivity index (χ4v) is 3.90. The Morgan fingerprint density at radius 1 is 1.14 bits per heavy atom. The maximum absolute atomic E-state index is 12.5. The zero-order valence-electron chi connectivity index (χ0n) is 15.8. The molecule has 0 saturated carbocycles. The van der Waals surface area contributed by atoms with E-state index in [9.17, 15) is 14.4 Å². The van der Waals surface area contributed by atoms with Gasteiger partial charge in [-0.05, 0) is 31.2 Å². The summed E-state index contributed by atoms with van der Waals surface area (Å²) in [6.45, 7) is 1.78. The van der Waals surface area contributed by atoms with Crippen LogP contribution in [0.25, 0.3) is 0 Å². The Morgan fingerprint density at radius 3 is 2.57 bits per heavy atom. The maximum atomic E-state index is 12.5. The smallest absolute Gasteiger partial charge is 0.308 e. The van der Waals surface area contributed by atoms with Gasteiger partial charge in [-0.3, -0.25) is 14.4 Å². The SMILES string of the molecule is C[C@@H](OC(=O)CCN1C(=O)CSc2ccccc21)C(=O)N(C)c1ccccc1. The van der Waals surface area contributed by atoms with Gasteiger partial charge >= 0.3 is 5.97 Å². The summed E-state index contributed by atoms with van der Waals surface area (Å²) in [6, 6.07) is 16.8. The zero-order valence-corrected chi connectivity index (χ0v) is 16.6. The van der Waals surface area contributed by atoms with Crippen LogP contribution in [0.2, 0.25) is 0 Å². The molecule has 0 spiro atoms. The van der Waals surface area contributed by atoms with E-state index in [0.29, 0.717) is 5.75 Å². The Kier molecular flexibility index (Phi) is 6.36. The molecule has 0 unspecified atom stereocenters. The number of esters is 1. The van der Waals surface area contributed by atoms with Gasteiger partial charge in [0.05, 0.1) is 17.9 Å². The lowest BCUT2D eigenvalue weighted by Crippen LogP contribution is -2.39. The van der Waals surface area contributed by atoms with Crippen LogP contribution in [0, 0.1) is 0 Å². The summed E-state index contributed by atoms with van der Waals surface area (Å²) < 4.78 is 5.30. The molecule has 1 aliphatic heterocycles. The zero-order chi connectivity index (χ0) is 20.1. The van der Waals surface area contributed by atoms with E-state index >= 15 is 0 Å². The van der Waals surface area contributed by atoms with Crippen LogP contribution in [0.5, 0.6) is 0 Å². The molecule has 0 saturated heterocycles. The van der Waals surface area contributed by atoms with Gasteiger partial charge in [-0.1, -0.05) is 30.3 Å². The molecule has 2 aromatic carbocycles. The predicted octanol–water partition coefficient (Wildman–Crippen LogP) is 3.11. The minimum Gasteiger partial charge on any atom is -0.452 e. The monoisotopic (exact) mass is 398 g/mol. The second-order valence-electron chi connectivity index (χ2n) is 6.42. The largest absolute Gasteiger partial charge is 0.452 e. The molecule has 2 aromatic rings. The Hall–Kier alpha value is -2.80. The third-order valence-corrected chi connectivity index (χ3v) is 5.53. The number of carbonyl (C=O) groups excluding carboxylic acids is 3. The van der Waals surface area contributed by atoms with Crippen molar-refractivity contribution in [2.45, 2.75) is 24.3 Å². The number of fused-ring (bicyclic) bond motifs is 1. The summed E-state index contributed by atoms with van der Waals surface area (Å²) in [5.74, 6) is -0.506. The number of thioether (sulfide) groups is 1. The molecule has 1 aliphatic rings. The summed E-state index contributed by atoms with van der Waals surface area (Å²) in [6.07, 6.45) is -0.880. The fourth-order valence-electron chi connectivity index (χ4n) is 2.96. The van der Waals surface area contributed by atoms with Gasteiger partial charge in [0.15, 0.2) is 6.10 Å². The number of nitrogens with zero attached hydrogens (tertiary/aromatic N) is 2. The lowest BCUT2D eigenvalue weighted by molar-refractivity contribution is -0.153. The highest BCUT2D eigenvalue weighted by Gasteiger charge is 2.26. The molecule has 0 N–H and O–H groups in total. The minimum atomic E-state index is -0.905. The van der Waals surface area contributed by atoms with Gasteiger partial charge in [0.25, 0.3) is 5.91 Å². The maximum Gasteiger partial charge on any atom is 0.308 e. The number of benzene rings is 2. The molecule has 0 radical (unpaired) electrons. The number of hydrogen-bond donors (Lipinski definition) is 0. The Labute approximate surface area is 168 Å². The standard InChI is InChI=1S/C21H22N2O4S/c1-15(21(26)22(2)16-8-4-3-5-9-16)27-20(25)12-13-23-17-10-6-7-11-18(17)28-14-19(23)24/h3-11,15H,12-14H2,1-2H3/t15-/m1/s1. The van der Waals surface area contributed by atoms with Gasteiger partial charge in [-0.15, -0.1) is 11.8 Å². The van der Waals surface area contributed by atoms with Crippen molar-refractivity contribution in [3.8, 4) is 0 Å². The van der Waals surface area contributed by atoms with E-state index in [1.807, 2.05) is 54.6 Å². The molecule has 1 heterocycles. The van der Waals surface area contributed by atoms with Crippen molar-refractivity contribution in [3.63, 3.8) is 0 Å². The van der Waals surface area contributed by atoms with Crippen molar-refractivity contribution in [2.24, 2.45) is 0 Å². The molecule has 0 bridgehead atoms. The highest BCUT2D eigenvalue weighted by molar-refractivity contribution is 8.00. The first kappa shape index (κ1) is 19.9. The third-order valence-electron chi connectivity index (χ3n) is 4.48. The Balaban J connectivity index is 1.56. The molecule has 1 atom stereocenters. The molecule has 28 heavy (non-hydrogen) atoms. The molecule has 0 aromatic heterocycles. The molecule has 7 heteroatoms. The highest BCUT2D eigenvalue weighted by atomic mass is 32.2. The van der Waals surface area contributed by atoms with E-state index in [0.717, 1.165) is 16.3 Å². The topological polar surface area (TPSA) is 66.9 Å². The first-order chi connectivity index (χ1) is 13.5. The molecular weight excluding hydrogens is 376 g/mol. The minimum absolute atomic E-state index is 0.0252. The molecular formula is C21H22N2O4S. The molecule has 2 amide bonds. The number of rotatable bonds is 6. The first-order valence-electron chi connectivity index (χ1n) is 9.01. The number of para-hydroxylation sites is 2.